The largest absolute Gasteiger partial charge is 0.496 e. The van der Waals surface area contributed by atoms with Crippen molar-refractivity contribution >= 4 is 17.2 Å². The van der Waals surface area contributed by atoms with Crippen molar-refractivity contribution in [2.45, 2.75) is 33.0 Å². The number of amides is 1. The number of aromatic nitrogens is 3. The number of carbonyl (C=O) groups excluding carboxylic acids is 1. The molecule has 9 heteroatoms. The van der Waals surface area contributed by atoms with Crippen LogP contribution in [-0.4, -0.2) is 57.3 Å². The minimum Gasteiger partial charge on any atom is -0.496 e. The van der Waals surface area contributed by atoms with Gasteiger partial charge in [0.1, 0.15) is 11.3 Å². The zero-order valence-corrected chi connectivity index (χ0v) is 19.8. The number of carbonyl (C=O) groups is 1. The van der Waals surface area contributed by atoms with Gasteiger partial charge in [-0.15, -0.1) is 0 Å². The highest BCUT2D eigenvalue weighted by Gasteiger charge is 2.27. The van der Waals surface area contributed by atoms with Crippen molar-refractivity contribution < 1.29 is 9.53 Å². The van der Waals surface area contributed by atoms with Crippen molar-refractivity contribution in [3.8, 4) is 5.75 Å². The second kappa shape index (κ2) is 9.30. The normalized spacial score (nSPS) is 14.1. The Morgan fingerprint density at radius 1 is 1.31 bits per heavy atom. The van der Waals surface area contributed by atoms with Crippen LogP contribution in [0.5, 0.6) is 5.75 Å². The molecular formula is C23H29N5O3S. The van der Waals surface area contributed by atoms with Crippen LogP contribution in [-0.2, 0) is 33.1 Å². The molecule has 0 saturated carbocycles. The van der Waals surface area contributed by atoms with Crippen LogP contribution >= 0.6 is 11.3 Å². The summed E-state index contributed by atoms with van der Waals surface area (Å²) in [7, 11) is 5.24. The van der Waals surface area contributed by atoms with Crippen molar-refractivity contribution in [1.82, 2.24) is 24.1 Å². The fourth-order valence-electron chi connectivity index (χ4n) is 4.20. The lowest BCUT2D eigenvalue weighted by Crippen LogP contribution is -2.32. The van der Waals surface area contributed by atoms with Crippen molar-refractivity contribution in [1.29, 1.82) is 0 Å². The van der Waals surface area contributed by atoms with E-state index in [1.807, 2.05) is 34.8 Å². The Morgan fingerprint density at radius 2 is 2.12 bits per heavy atom. The summed E-state index contributed by atoms with van der Waals surface area (Å²) in [5, 5.41) is 8.38. The van der Waals surface area contributed by atoms with E-state index in [-0.39, 0.29) is 11.5 Å². The first-order valence-electron chi connectivity index (χ1n) is 10.7. The molecule has 0 N–H and O–H groups in total. The summed E-state index contributed by atoms with van der Waals surface area (Å²) >= 11 is 1.61. The number of hydrogen-bond acceptors (Lipinski definition) is 6. The van der Waals surface area contributed by atoms with Gasteiger partial charge in [-0.05, 0) is 29.3 Å². The fourth-order valence-corrected chi connectivity index (χ4v) is 4.86. The zero-order chi connectivity index (χ0) is 22.8. The lowest BCUT2D eigenvalue weighted by molar-refractivity contribution is 0.0779. The highest BCUT2D eigenvalue weighted by molar-refractivity contribution is 7.07. The van der Waals surface area contributed by atoms with Gasteiger partial charge in [0.2, 0.25) is 0 Å². The van der Waals surface area contributed by atoms with Crippen molar-refractivity contribution in [2.75, 3.05) is 27.2 Å². The van der Waals surface area contributed by atoms with Crippen LogP contribution in [0.2, 0.25) is 0 Å². The molecule has 8 nitrogen and oxygen atoms in total. The molecule has 0 saturated heterocycles. The van der Waals surface area contributed by atoms with E-state index in [4.69, 9.17) is 4.74 Å². The fraction of sp³-hybridized carbons (Fsp3) is 0.435. The van der Waals surface area contributed by atoms with E-state index in [2.05, 4.69) is 16.9 Å². The molecule has 1 aliphatic rings. The van der Waals surface area contributed by atoms with Crippen LogP contribution in [0.3, 0.4) is 0 Å². The minimum atomic E-state index is -0.131. The Balaban J connectivity index is 1.62. The number of hydrogen-bond donors (Lipinski definition) is 0. The van der Waals surface area contributed by atoms with Gasteiger partial charge in [0, 0.05) is 76.3 Å². The van der Waals surface area contributed by atoms with Gasteiger partial charge in [-0.1, -0.05) is 0 Å². The van der Waals surface area contributed by atoms with Crippen LogP contribution < -0.4 is 10.3 Å². The van der Waals surface area contributed by atoms with Gasteiger partial charge in [0.15, 0.2) is 0 Å². The molecule has 1 amide bonds. The van der Waals surface area contributed by atoms with Gasteiger partial charge >= 0.3 is 0 Å². The molecule has 0 spiro atoms. The highest BCUT2D eigenvalue weighted by Crippen LogP contribution is 2.25. The summed E-state index contributed by atoms with van der Waals surface area (Å²) in [5.41, 5.74) is 4.51. The quantitative estimate of drug-likeness (QED) is 0.570. The first-order chi connectivity index (χ1) is 15.4. The average Bonchev–Trinajstić information content (AvgIpc) is 3.33. The van der Waals surface area contributed by atoms with Crippen LogP contribution in [0.25, 0.3) is 0 Å². The van der Waals surface area contributed by atoms with E-state index >= 15 is 0 Å². The topological polar surface area (TPSA) is 72.6 Å². The minimum absolute atomic E-state index is 0.131. The van der Waals surface area contributed by atoms with Gasteiger partial charge in [0.05, 0.1) is 13.3 Å². The van der Waals surface area contributed by atoms with Crippen LogP contribution in [0.4, 0.5) is 0 Å². The first-order valence-corrected chi connectivity index (χ1v) is 11.6. The maximum absolute atomic E-state index is 13.5. The molecule has 1 aliphatic heterocycles. The molecule has 0 aromatic carbocycles. The highest BCUT2D eigenvalue weighted by atomic mass is 32.1. The van der Waals surface area contributed by atoms with Crippen LogP contribution in [0, 0.1) is 6.92 Å². The zero-order valence-electron chi connectivity index (χ0n) is 19.0. The molecule has 4 rings (SSSR count). The third-order valence-corrected chi connectivity index (χ3v) is 6.93. The molecule has 0 atom stereocenters. The Hall–Kier alpha value is -2.91. The maximum atomic E-state index is 13.5. The summed E-state index contributed by atoms with van der Waals surface area (Å²) < 4.78 is 9.11. The summed E-state index contributed by atoms with van der Waals surface area (Å²) in [5.74, 6) is 0.216. The van der Waals surface area contributed by atoms with E-state index < -0.39 is 0 Å². The standard InChI is InChI=1S/C23H29N5O3S/c1-16-18(12-24-26(16)3)14-27-7-5-19-22(20(31-4)11-21(29)28(19)9-8-27)23(30)25(2)13-17-6-10-32-15-17/h6,10-12,15H,5,7-9,13-14H2,1-4H3. The lowest BCUT2D eigenvalue weighted by Gasteiger charge is -2.22. The molecule has 0 bridgehead atoms. The van der Waals surface area contributed by atoms with Crippen molar-refractivity contribution in [3.63, 3.8) is 0 Å². The monoisotopic (exact) mass is 455 g/mol. The van der Waals surface area contributed by atoms with Gasteiger partial charge in [-0.25, -0.2) is 0 Å². The molecule has 0 radical (unpaired) electrons. The number of aryl methyl sites for hydroxylation is 1. The SMILES string of the molecule is COc1cc(=O)n2c(c1C(=O)N(C)Cc1ccsc1)CCN(Cc1cnn(C)c1C)CC2. The summed E-state index contributed by atoms with van der Waals surface area (Å²) in [6.07, 6.45) is 2.50. The summed E-state index contributed by atoms with van der Waals surface area (Å²) in [6.45, 7) is 5.34. The second-order valence-corrected chi connectivity index (χ2v) is 9.00. The number of nitrogens with zero attached hydrogens (tertiary/aromatic N) is 5. The number of ether oxygens (including phenoxy) is 1. The molecule has 4 heterocycles. The molecule has 0 aliphatic carbocycles. The van der Waals surface area contributed by atoms with Gasteiger partial charge in [-0.2, -0.15) is 16.4 Å². The van der Waals surface area contributed by atoms with Crippen molar-refractivity contribution in [3.05, 3.63) is 67.5 Å². The molecule has 3 aromatic heterocycles. The summed E-state index contributed by atoms with van der Waals surface area (Å²) in [6, 6.07) is 3.45. The average molecular weight is 456 g/mol. The van der Waals surface area contributed by atoms with Crippen molar-refractivity contribution in [2.24, 2.45) is 7.05 Å². The van der Waals surface area contributed by atoms with E-state index in [0.717, 1.165) is 36.6 Å². The van der Waals surface area contributed by atoms with Gasteiger partial charge in [0.25, 0.3) is 11.5 Å². The molecule has 0 fully saturated rings. The predicted molar refractivity (Wildman–Crippen MR) is 124 cm³/mol. The summed E-state index contributed by atoms with van der Waals surface area (Å²) in [4.78, 5) is 30.3. The Morgan fingerprint density at radius 3 is 2.78 bits per heavy atom. The molecule has 170 valence electrons. The predicted octanol–water partition coefficient (Wildman–Crippen LogP) is 2.29. The molecule has 3 aromatic rings. The Labute approximate surface area is 191 Å². The van der Waals surface area contributed by atoms with E-state index in [1.165, 1.54) is 18.7 Å². The third-order valence-electron chi connectivity index (χ3n) is 6.20. The Kier molecular flexibility index (Phi) is 6.48. The number of fused-ring (bicyclic) bond motifs is 1. The number of methoxy groups -OCH3 is 1. The van der Waals surface area contributed by atoms with Gasteiger partial charge in [-0.3, -0.25) is 19.2 Å². The first kappa shape index (κ1) is 22.3. The van der Waals surface area contributed by atoms with E-state index in [0.29, 0.717) is 30.8 Å². The molecule has 0 unspecified atom stereocenters. The Bertz CT molecular complexity index is 1170. The van der Waals surface area contributed by atoms with Crippen LogP contribution in [0.15, 0.2) is 33.9 Å². The van der Waals surface area contributed by atoms with Crippen LogP contribution in [0.1, 0.15) is 32.9 Å². The second-order valence-electron chi connectivity index (χ2n) is 8.22. The van der Waals surface area contributed by atoms with Gasteiger partial charge < -0.3 is 14.2 Å². The van der Waals surface area contributed by atoms with E-state index in [1.54, 1.807) is 27.9 Å². The maximum Gasteiger partial charge on any atom is 0.259 e. The molecule has 32 heavy (non-hydrogen) atoms. The third kappa shape index (κ3) is 4.35. The smallest absolute Gasteiger partial charge is 0.259 e. The number of rotatable bonds is 6. The van der Waals surface area contributed by atoms with E-state index in [9.17, 15) is 9.59 Å². The number of thiophene rings is 1. The number of pyridine rings is 1. The lowest BCUT2D eigenvalue weighted by atomic mass is 10.1. The molecular weight excluding hydrogens is 426 g/mol.